The molecular formula is C20H20BrN3O3. The molecule has 27 heavy (non-hydrogen) atoms. The van der Waals surface area contributed by atoms with Gasteiger partial charge in [0.25, 0.3) is 11.8 Å². The highest BCUT2D eigenvalue weighted by Gasteiger charge is 2.34. The molecule has 2 aromatic rings. The maximum absolute atomic E-state index is 12.4. The van der Waals surface area contributed by atoms with Crippen molar-refractivity contribution in [2.45, 2.75) is 20.3 Å². The van der Waals surface area contributed by atoms with E-state index >= 15 is 0 Å². The molecule has 0 aromatic heterocycles. The molecular weight excluding hydrogens is 410 g/mol. The van der Waals surface area contributed by atoms with Gasteiger partial charge in [0.1, 0.15) is 0 Å². The van der Waals surface area contributed by atoms with Crippen molar-refractivity contribution in [2.75, 3.05) is 18.4 Å². The zero-order chi connectivity index (χ0) is 19.6. The minimum atomic E-state index is -0.310. The van der Waals surface area contributed by atoms with Crippen LogP contribution < -0.4 is 10.6 Å². The van der Waals surface area contributed by atoms with Crippen LogP contribution in [0.2, 0.25) is 0 Å². The Kier molecular flexibility index (Phi) is 5.60. The number of rotatable bonds is 5. The zero-order valence-electron chi connectivity index (χ0n) is 15.1. The third-order valence-corrected chi connectivity index (χ3v) is 5.12. The summed E-state index contributed by atoms with van der Waals surface area (Å²) in [6, 6.07) is 10.5. The van der Waals surface area contributed by atoms with Gasteiger partial charge in [0.2, 0.25) is 0 Å². The van der Waals surface area contributed by atoms with Crippen molar-refractivity contribution in [1.82, 2.24) is 10.2 Å². The van der Waals surface area contributed by atoms with Crippen molar-refractivity contribution in [2.24, 2.45) is 0 Å². The van der Waals surface area contributed by atoms with Crippen LogP contribution in [0.25, 0.3) is 0 Å². The predicted octanol–water partition coefficient (Wildman–Crippen LogP) is 3.87. The fraction of sp³-hybridized carbons (Fsp3) is 0.250. The van der Waals surface area contributed by atoms with Gasteiger partial charge < -0.3 is 10.6 Å². The fourth-order valence-corrected chi connectivity index (χ4v) is 3.32. The highest BCUT2D eigenvalue weighted by atomic mass is 79.9. The van der Waals surface area contributed by atoms with Crippen LogP contribution in [0.5, 0.6) is 0 Å². The van der Waals surface area contributed by atoms with Gasteiger partial charge in [-0.2, -0.15) is 0 Å². The van der Waals surface area contributed by atoms with Crippen LogP contribution in [-0.4, -0.2) is 35.8 Å². The SMILES string of the molecule is Cc1cccc(NC(=O)NCCCN2C(=O)c3ccc(Br)cc3C2=O)c1C. The Morgan fingerprint density at radius 3 is 2.59 bits per heavy atom. The summed E-state index contributed by atoms with van der Waals surface area (Å²) in [5, 5.41) is 5.57. The summed E-state index contributed by atoms with van der Waals surface area (Å²) in [5.74, 6) is -0.585. The molecule has 0 unspecified atom stereocenters. The predicted molar refractivity (Wildman–Crippen MR) is 107 cm³/mol. The smallest absolute Gasteiger partial charge is 0.319 e. The average Bonchev–Trinajstić information content (AvgIpc) is 2.86. The second-order valence-corrected chi connectivity index (χ2v) is 7.35. The summed E-state index contributed by atoms with van der Waals surface area (Å²) < 4.78 is 0.758. The van der Waals surface area contributed by atoms with Gasteiger partial charge in [-0.1, -0.05) is 28.1 Å². The summed E-state index contributed by atoms with van der Waals surface area (Å²) in [4.78, 5) is 38.0. The number of urea groups is 1. The minimum Gasteiger partial charge on any atom is -0.338 e. The van der Waals surface area contributed by atoms with Crippen LogP contribution in [-0.2, 0) is 0 Å². The number of halogens is 1. The van der Waals surface area contributed by atoms with Gasteiger partial charge in [0, 0.05) is 23.2 Å². The lowest BCUT2D eigenvalue weighted by atomic mass is 10.1. The number of nitrogens with zero attached hydrogens (tertiary/aromatic N) is 1. The molecule has 6 nitrogen and oxygen atoms in total. The van der Waals surface area contributed by atoms with Gasteiger partial charge >= 0.3 is 6.03 Å². The normalized spacial score (nSPS) is 12.9. The number of hydrogen-bond acceptors (Lipinski definition) is 3. The number of carbonyl (C=O) groups excluding carboxylic acids is 3. The Balaban J connectivity index is 1.49. The molecule has 0 aliphatic carbocycles. The van der Waals surface area contributed by atoms with Gasteiger partial charge in [-0.25, -0.2) is 4.79 Å². The Morgan fingerprint density at radius 2 is 1.81 bits per heavy atom. The van der Waals surface area contributed by atoms with E-state index in [1.807, 2.05) is 32.0 Å². The van der Waals surface area contributed by atoms with Gasteiger partial charge in [-0.05, 0) is 55.7 Å². The third kappa shape index (κ3) is 4.03. The number of anilines is 1. The molecule has 1 heterocycles. The number of aryl methyl sites for hydroxylation is 1. The van der Waals surface area contributed by atoms with Gasteiger partial charge in [0.05, 0.1) is 11.1 Å². The first-order valence-corrected chi connectivity index (χ1v) is 9.44. The maximum Gasteiger partial charge on any atom is 0.319 e. The first-order valence-electron chi connectivity index (χ1n) is 8.65. The van der Waals surface area contributed by atoms with Crippen molar-refractivity contribution in [1.29, 1.82) is 0 Å². The van der Waals surface area contributed by atoms with E-state index in [1.165, 1.54) is 4.90 Å². The van der Waals surface area contributed by atoms with Crippen molar-refractivity contribution < 1.29 is 14.4 Å². The van der Waals surface area contributed by atoms with Crippen molar-refractivity contribution in [3.63, 3.8) is 0 Å². The maximum atomic E-state index is 12.4. The molecule has 0 fully saturated rings. The van der Waals surface area contributed by atoms with E-state index in [0.717, 1.165) is 21.3 Å². The Bertz CT molecular complexity index is 927. The summed E-state index contributed by atoms with van der Waals surface area (Å²) in [7, 11) is 0. The summed E-state index contributed by atoms with van der Waals surface area (Å²) in [6.45, 7) is 4.55. The number of nitrogens with one attached hydrogen (secondary N) is 2. The monoisotopic (exact) mass is 429 g/mol. The molecule has 2 aromatic carbocycles. The summed E-state index contributed by atoms with van der Waals surface area (Å²) >= 11 is 3.31. The lowest BCUT2D eigenvalue weighted by molar-refractivity contribution is 0.0653. The Labute approximate surface area is 166 Å². The number of hydrogen-bond donors (Lipinski definition) is 2. The molecule has 0 bridgehead atoms. The Hall–Kier alpha value is -2.67. The number of amides is 4. The highest BCUT2D eigenvalue weighted by molar-refractivity contribution is 9.10. The highest BCUT2D eigenvalue weighted by Crippen LogP contribution is 2.26. The zero-order valence-corrected chi connectivity index (χ0v) is 16.7. The van der Waals surface area contributed by atoms with Crippen LogP contribution in [0.3, 0.4) is 0 Å². The lowest BCUT2D eigenvalue weighted by Crippen LogP contribution is -2.35. The van der Waals surface area contributed by atoms with Crippen LogP contribution >= 0.6 is 15.9 Å². The largest absolute Gasteiger partial charge is 0.338 e. The minimum absolute atomic E-state index is 0.258. The van der Waals surface area contributed by atoms with E-state index in [9.17, 15) is 14.4 Å². The first kappa shape index (κ1) is 19.1. The molecule has 0 spiro atoms. The van der Waals surface area contributed by atoms with Crippen molar-refractivity contribution in [3.05, 3.63) is 63.1 Å². The topological polar surface area (TPSA) is 78.5 Å². The fourth-order valence-electron chi connectivity index (χ4n) is 2.96. The molecule has 0 radical (unpaired) electrons. The van der Waals surface area contributed by atoms with E-state index in [-0.39, 0.29) is 24.4 Å². The van der Waals surface area contributed by atoms with E-state index < -0.39 is 0 Å². The quantitative estimate of drug-likeness (QED) is 0.559. The van der Waals surface area contributed by atoms with Crippen molar-refractivity contribution in [3.8, 4) is 0 Å². The molecule has 7 heteroatoms. The second kappa shape index (κ2) is 7.92. The van der Waals surface area contributed by atoms with E-state index in [0.29, 0.717) is 24.1 Å². The molecule has 3 rings (SSSR count). The molecule has 4 amide bonds. The second-order valence-electron chi connectivity index (χ2n) is 6.43. The van der Waals surface area contributed by atoms with Gasteiger partial charge in [-0.3, -0.25) is 14.5 Å². The standard InChI is InChI=1S/C20H20BrN3O3/c1-12-5-3-6-17(13(12)2)23-20(27)22-9-4-10-24-18(25)15-8-7-14(21)11-16(15)19(24)26/h3,5-8,11H,4,9-10H2,1-2H3,(H2,22,23,27). The third-order valence-electron chi connectivity index (χ3n) is 4.63. The van der Waals surface area contributed by atoms with E-state index in [1.54, 1.807) is 18.2 Å². The summed E-state index contributed by atoms with van der Waals surface area (Å²) in [5.41, 5.74) is 3.71. The molecule has 0 atom stereocenters. The van der Waals surface area contributed by atoms with Gasteiger partial charge in [0.15, 0.2) is 0 Å². The lowest BCUT2D eigenvalue weighted by Gasteiger charge is -2.14. The van der Waals surface area contributed by atoms with Crippen molar-refractivity contribution >= 4 is 39.5 Å². The number of benzene rings is 2. The molecule has 1 aliphatic rings. The molecule has 0 saturated heterocycles. The van der Waals surface area contributed by atoms with Gasteiger partial charge in [-0.15, -0.1) is 0 Å². The molecule has 140 valence electrons. The van der Waals surface area contributed by atoms with Crippen LogP contribution in [0.15, 0.2) is 40.9 Å². The first-order chi connectivity index (χ1) is 12.9. The molecule has 0 saturated carbocycles. The molecule has 1 aliphatic heterocycles. The van der Waals surface area contributed by atoms with E-state index in [4.69, 9.17) is 0 Å². The van der Waals surface area contributed by atoms with E-state index in [2.05, 4.69) is 26.6 Å². The van der Waals surface area contributed by atoms with Crippen LogP contribution in [0.4, 0.5) is 10.5 Å². The van der Waals surface area contributed by atoms with Crippen LogP contribution in [0, 0.1) is 13.8 Å². The Morgan fingerprint density at radius 1 is 1.07 bits per heavy atom. The number of fused-ring (bicyclic) bond motifs is 1. The number of carbonyl (C=O) groups is 3. The number of imide groups is 1. The average molecular weight is 430 g/mol. The molecule has 2 N–H and O–H groups in total. The van der Waals surface area contributed by atoms with Crippen LogP contribution in [0.1, 0.15) is 38.3 Å². The summed E-state index contributed by atoms with van der Waals surface area (Å²) in [6.07, 6.45) is 0.479.